The molecule has 0 amide bonds. The number of hydrogen-bond acceptors (Lipinski definition) is 1. The lowest BCUT2D eigenvalue weighted by Crippen LogP contribution is -2.20. The molecule has 0 bridgehead atoms. The van der Waals surface area contributed by atoms with Crippen molar-refractivity contribution < 1.29 is 17.9 Å². The fourth-order valence-electron chi connectivity index (χ4n) is 1.09. The van der Waals surface area contributed by atoms with Crippen LogP contribution in [0.1, 0.15) is 11.7 Å². The van der Waals surface area contributed by atoms with E-state index in [0.29, 0.717) is 5.33 Å². The summed E-state index contributed by atoms with van der Waals surface area (Å²) in [7, 11) is 0. The van der Waals surface area contributed by atoms with Crippen molar-refractivity contribution in [2.24, 2.45) is 0 Å². The van der Waals surface area contributed by atoms with Gasteiger partial charge < -0.3 is 4.74 Å². The first kappa shape index (κ1) is 12.5. The molecule has 84 valence electrons. The van der Waals surface area contributed by atoms with E-state index in [1.54, 1.807) is 30.3 Å². The smallest absolute Gasteiger partial charge is 0.363 e. The Labute approximate surface area is 94.4 Å². The first-order valence-electron chi connectivity index (χ1n) is 4.32. The first-order valence-corrected chi connectivity index (χ1v) is 5.44. The van der Waals surface area contributed by atoms with Crippen molar-refractivity contribution in [3.05, 3.63) is 35.9 Å². The van der Waals surface area contributed by atoms with Crippen LogP contribution in [0.5, 0.6) is 0 Å². The number of benzene rings is 1. The van der Waals surface area contributed by atoms with Gasteiger partial charge in [-0.3, -0.25) is 0 Å². The van der Waals surface area contributed by atoms with Gasteiger partial charge in [0.1, 0.15) is 6.61 Å². The molecule has 1 rings (SSSR count). The summed E-state index contributed by atoms with van der Waals surface area (Å²) in [6, 6.07) is 8.81. The molecule has 0 aromatic heterocycles. The van der Waals surface area contributed by atoms with E-state index < -0.39 is 18.9 Å². The normalized spacial score (nSPS) is 13.9. The summed E-state index contributed by atoms with van der Waals surface area (Å²) in [5.41, 5.74) is 0.735. The SMILES string of the molecule is FC(F)(F)COC(CBr)c1ccccc1. The van der Waals surface area contributed by atoms with Crippen LogP contribution in [-0.4, -0.2) is 18.1 Å². The van der Waals surface area contributed by atoms with Crippen molar-refractivity contribution in [1.29, 1.82) is 0 Å². The van der Waals surface area contributed by atoms with Gasteiger partial charge in [0.15, 0.2) is 0 Å². The largest absolute Gasteiger partial charge is 0.411 e. The second-order valence-corrected chi connectivity index (χ2v) is 3.63. The highest BCUT2D eigenvalue weighted by Crippen LogP contribution is 2.23. The zero-order valence-electron chi connectivity index (χ0n) is 7.80. The summed E-state index contributed by atoms with van der Waals surface area (Å²) < 4.78 is 40.6. The molecule has 0 aliphatic heterocycles. The average molecular weight is 283 g/mol. The lowest BCUT2D eigenvalue weighted by Gasteiger charge is -2.16. The van der Waals surface area contributed by atoms with Gasteiger partial charge in [-0.05, 0) is 5.56 Å². The second-order valence-electron chi connectivity index (χ2n) is 2.98. The molecule has 1 atom stereocenters. The molecule has 15 heavy (non-hydrogen) atoms. The molecule has 1 aromatic carbocycles. The molecular formula is C10H10BrF3O. The van der Waals surface area contributed by atoms with Crippen LogP contribution in [0.4, 0.5) is 13.2 Å². The van der Waals surface area contributed by atoms with Crippen molar-refractivity contribution in [2.45, 2.75) is 12.3 Å². The van der Waals surface area contributed by atoms with E-state index >= 15 is 0 Å². The minimum Gasteiger partial charge on any atom is -0.363 e. The van der Waals surface area contributed by atoms with Gasteiger partial charge in [-0.15, -0.1) is 0 Å². The monoisotopic (exact) mass is 282 g/mol. The highest BCUT2D eigenvalue weighted by atomic mass is 79.9. The minimum absolute atomic E-state index is 0.340. The fraction of sp³-hybridized carbons (Fsp3) is 0.400. The van der Waals surface area contributed by atoms with E-state index in [4.69, 9.17) is 4.74 Å². The van der Waals surface area contributed by atoms with Crippen LogP contribution in [0.3, 0.4) is 0 Å². The quantitative estimate of drug-likeness (QED) is 0.765. The third-order valence-electron chi connectivity index (χ3n) is 1.76. The highest BCUT2D eigenvalue weighted by molar-refractivity contribution is 9.09. The zero-order valence-corrected chi connectivity index (χ0v) is 9.38. The Morgan fingerprint density at radius 3 is 2.27 bits per heavy atom. The number of hydrogen-bond donors (Lipinski definition) is 0. The Morgan fingerprint density at radius 2 is 1.80 bits per heavy atom. The van der Waals surface area contributed by atoms with Crippen molar-refractivity contribution >= 4 is 15.9 Å². The molecule has 0 spiro atoms. The van der Waals surface area contributed by atoms with E-state index in [9.17, 15) is 13.2 Å². The van der Waals surface area contributed by atoms with Gasteiger partial charge in [-0.2, -0.15) is 13.2 Å². The first-order chi connectivity index (χ1) is 7.03. The lowest BCUT2D eigenvalue weighted by atomic mass is 10.1. The Hall–Kier alpha value is -0.550. The molecule has 0 radical (unpaired) electrons. The summed E-state index contributed by atoms with van der Waals surface area (Å²) in [6.07, 6.45) is -4.84. The summed E-state index contributed by atoms with van der Waals surface area (Å²) >= 11 is 3.13. The summed E-state index contributed by atoms with van der Waals surface area (Å²) in [5.74, 6) is 0. The van der Waals surface area contributed by atoms with Gasteiger partial charge in [0.25, 0.3) is 0 Å². The van der Waals surface area contributed by atoms with E-state index in [-0.39, 0.29) is 0 Å². The molecule has 0 aliphatic rings. The van der Waals surface area contributed by atoms with Gasteiger partial charge in [-0.25, -0.2) is 0 Å². The Morgan fingerprint density at radius 1 is 1.20 bits per heavy atom. The van der Waals surface area contributed by atoms with Gasteiger partial charge in [0.05, 0.1) is 6.10 Å². The molecule has 1 aromatic rings. The van der Waals surface area contributed by atoms with E-state index in [2.05, 4.69) is 15.9 Å². The van der Waals surface area contributed by atoms with Crippen LogP contribution in [0.15, 0.2) is 30.3 Å². The number of halogens is 4. The fourth-order valence-corrected chi connectivity index (χ4v) is 1.65. The van der Waals surface area contributed by atoms with Crippen molar-refractivity contribution in [2.75, 3.05) is 11.9 Å². The number of rotatable bonds is 4. The molecule has 0 heterocycles. The zero-order chi connectivity index (χ0) is 11.3. The molecule has 0 fully saturated rings. The van der Waals surface area contributed by atoms with Crippen molar-refractivity contribution in [3.63, 3.8) is 0 Å². The minimum atomic E-state index is -4.28. The van der Waals surface area contributed by atoms with E-state index in [0.717, 1.165) is 5.56 Å². The maximum atomic E-state index is 11.9. The molecule has 1 nitrogen and oxygen atoms in total. The third-order valence-corrected chi connectivity index (χ3v) is 2.35. The third kappa shape index (κ3) is 4.66. The van der Waals surface area contributed by atoms with Gasteiger partial charge in [0.2, 0.25) is 0 Å². The molecular weight excluding hydrogens is 273 g/mol. The summed E-state index contributed by atoms with van der Waals surface area (Å²) in [4.78, 5) is 0. The van der Waals surface area contributed by atoms with E-state index in [1.807, 2.05) is 0 Å². The van der Waals surface area contributed by atoms with Crippen LogP contribution in [0.2, 0.25) is 0 Å². The van der Waals surface area contributed by atoms with Crippen molar-refractivity contribution in [3.8, 4) is 0 Å². The maximum Gasteiger partial charge on any atom is 0.411 e. The number of ether oxygens (including phenoxy) is 1. The summed E-state index contributed by atoms with van der Waals surface area (Å²) in [5, 5.41) is 0.340. The topological polar surface area (TPSA) is 9.23 Å². The molecule has 5 heteroatoms. The summed E-state index contributed by atoms with van der Waals surface area (Å²) in [6.45, 7) is -1.22. The standard InChI is InChI=1S/C10H10BrF3O/c11-6-9(15-7-10(12,13)14)8-4-2-1-3-5-8/h1-5,9H,6-7H2. The maximum absolute atomic E-state index is 11.9. The Kier molecular flexibility index (Phi) is 4.60. The highest BCUT2D eigenvalue weighted by Gasteiger charge is 2.29. The van der Waals surface area contributed by atoms with E-state index in [1.165, 1.54) is 0 Å². The second kappa shape index (κ2) is 5.51. The average Bonchev–Trinajstić information content (AvgIpc) is 2.19. The Balaban J connectivity index is 2.58. The van der Waals surface area contributed by atoms with Crippen LogP contribution in [0, 0.1) is 0 Å². The predicted molar refractivity (Wildman–Crippen MR) is 55.0 cm³/mol. The molecule has 0 N–H and O–H groups in total. The van der Waals surface area contributed by atoms with Gasteiger partial charge in [0, 0.05) is 5.33 Å². The predicted octanol–water partition coefficient (Wildman–Crippen LogP) is 3.70. The Bertz CT molecular complexity index is 286. The van der Waals surface area contributed by atoms with Crippen LogP contribution in [0.25, 0.3) is 0 Å². The van der Waals surface area contributed by atoms with Crippen LogP contribution >= 0.6 is 15.9 Å². The van der Waals surface area contributed by atoms with Gasteiger partial charge in [-0.1, -0.05) is 46.3 Å². The molecule has 1 unspecified atom stereocenters. The van der Waals surface area contributed by atoms with Crippen LogP contribution < -0.4 is 0 Å². The molecule has 0 saturated heterocycles. The van der Waals surface area contributed by atoms with Gasteiger partial charge >= 0.3 is 6.18 Å². The lowest BCUT2D eigenvalue weighted by molar-refractivity contribution is -0.183. The molecule has 0 aliphatic carbocycles. The van der Waals surface area contributed by atoms with Crippen LogP contribution in [-0.2, 0) is 4.74 Å². The number of alkyl halides is 4. The molecule has 0 saturated carbocycles. The van der Waals surface area contributed by atoms with Crippen molar-refractivity contribution in [1.82, 2.24) is 0 Å².